The average molecular weight is 373 g/mol. The van der Waals surface area contributed by atoms with Crippen LogP contribution in [0.5, 0.6) is 0 Å². The molecular formula is C17H25ClN2O3S. The molecule has 1 amide bonds. The number of benzene rings is 1. The molecule has 1 aromatic carbocycles. The molecule has 0 aromatic heterocycles. The van der Waals surface area contributed by atoms with Crippen molar-refractivity contribution in [1.29, 1.82) is 0 Å². The van der Waals surface area contributed by atoms with Crippen LogP contribution < -0.4 is 5.32 Å². The van der Waals surface area contributed by atoms with Gasteiger partial charge in [-0.3, -0.25) is 4.79 Å². The quantitative estimate of drug-likeness (QED) is 0.780. The van der Waals surface area contributed by atoms with Crippen LogP contribution in [0.25, 0.3) is 0 Å². The Hall–Kier alpha value is -1.11. The Kier molecular flexibility index (Phi) is 7.07. The predicted octanol–water partition coefficient (Wildman–Crippen LogP) is 2.54. The van der Waals surface area contributed by atoms with Crippen LogP contribution in [-0.4, -0.2) is 43.6 Å². The van der Waals surface area contributed by atoms with Gasteiger partial charge in [-0.25, -0.2) is 8.42 Å². The third-order valence-corrected chi connectivity index (χ3v) is 6.31. The normalized spacial score (nSPS) is 17.9. The lowest BCUT2D eigenvalue weighted by molar-refractivity contribution is -0.120. The molecule has 1 aromatic rings. The summed E-state index contributed by atoms with van der Waals surface area (Å²) in [5.41, 5.74) is 0.979. The summed E-state index contributed by atoms with van der Waals surface area (Å²) in [5, 5.41) is 2.19. The maximum absolute atomic E-state index is 12.7. The van der Waals surface area contributed by atoms with Crippen molar-refractivity contribution in [2.75, 3.05) is 19.6 Å². The summed E-state index contributed by atoms with van der Waals surface area (Å²) < 4.78 is 27.0. The summed E-state index contributed by atoms with van der Waals surface area (Å²) in [5.74, 6) is -0.197. The first-order valence-corrected chi connectivity index (χ1v) is 10.3. The van der Waals surface area contributed by atoms with Crippen molar-refractivity contribution in [1.82, 2.24) is 9.62 Å². The molecule has 0 saturated carbocycles. The maximum atomic E-state index is 12.7. The van der Waals surface area contributed by atoms with Gasteiger partial charge in [0.25, 0.3) is 0 Å². The van der Waals surface area contributed by atoms with Crippen LogP contribution in [0.15, 0.2) is 29.2 Å². The summed E-state index contributed by atoms with van der Waals surface area (Å²) in [7, 11) is -3.40. The SMILES string of the molecule is CC(Cl)C(=O)NCCc1ccc(S(=O)(=O)N2CCCCCC2)cc1. The molecule has 1 atom stereocenters. The summed E-state index contributed by atoms with van der Waals surface area (Å²) in [6.45, 7) is 3.31. The van der Waals surface area contributed by atoms with Gasteiger partial charge in [0.2, 0.25) is 15.9 Å². The van der Waals surface area contributed by atoms with Crippen LogP contribution in [-0.2, 0) is 21.2 Å². The molecule has 1 aliphatic heterocycles. The van der Waals surface area contributed by atoms with E-state index in [2.05, 4.69) is 5.32 Å². The van der Waals surface area contributed by atoms with Gasteiger partial charge in [0.1, 0.15) is 5.38 Å². The van der Waals surface area contributed by atoms with Crippen LogP contribution in [0, 0.1) is 0 Å². The Morgan fingerprint density at radius 1 is 1.17 bits per heavy atom. The van der Waals surface area contributed by atoms with Crippen LogP contribution in [0.2, 0.25) is 0 Å². The lowest BCUT2D eigenvalue weighted by atomic mass is 10.1. The summed E-state index contributed by atoms with van der Waals surface area (Å²) in [4.78, 5) is 11.7. The molecule has 134 valence electrons. The van der Waals surface area contributed by atoms with Gasteiger partial charge in [0.05, 0.1) is 4.90 Å². The van der Waals surface area contributed by atoms with Crippen LogP contribution in [0.1, 0.15) is 38.2 Å². The Morgan fingerprint density at radius 3 is 2.29 bits per heavy atom. The number of halogens is 1. The maximum Gasteiger partial charge on any atom is 0.243 e. The van der Waals surface area contributed by atoms with E-state index in [9.17, 15) is 13.2 Å². The van der Waals surface area contributed by atoms with Gasteiger partial charge in [0.15, 0.2) is 0 Å². The molecule has 1 aliphatic rings. The van der Waals surface area contributed by atoms with Crippen molar-refractivity contribution in [2.45, 2.75) is 49.3 Å². The number of hydrogen-bond acceptors (Lipinski definition) is 3. The molecule has 0 bridgehead atoms. The molecule has 0 aliphatic carbocycles. The molecule has 1 fully saturated rings. The van der Waals surface area contributed by atoms with Crippen molar-refractivity contribution in [2.24, 2.45) is 0 Å². The van der Waals surface area contributed by atoms with E-state index in [1.165, 1.54) is 0 Å². The van der Waals surface area contributed by atoms with E-state index in [-0.39, 0.29) is 5.91 Å². The summed E-state index contributed by atoms with van der Waals surface area (Å²) in [6.07, 6.45) is 4.68. The van der Waals surface area contributed by atoms with Crippen LogP contribution in [0.3, 0.4) is 0 Å². The second kappa shape index (κ2) is 8.83. The van der Waals surface area contributed by atoms with Gasteiger partial charge in [-0.05, 0) is 43.9 Å². The van der Waals surface area contributed by atoms with Gasteiger partial charge >= 0.3 is 0 Å². The second-order valence-corrected chi connectivity index (χ2v) is 8.71. The van der Waals surface area contributed by atoms with Crippen LogP contribution >= 0.6 is 11.6 Å². The van der Waals surface area contributed by atoms with E-state index in [0.29, 0.717) is 31.0 Å². The first kappa shape index (κ1) is 19.2. The fourth-order valence-electron chi connectivity index (χ4n) is 2.73. The van der Waals surface area contributed by atoms with Crippen molar-refractivity contribution in [3.05, 3.63) is 29.8 Å². The molecule has 0 spiro atoms. The van der Waals surface area contributed by atoms with E-state index in [1.807, 2.05) is 0 Å². The number of hydrogen-bond donors (Lipinski definition) is 1. The Labute approximate surface area is 149 Å². The number of rotatable bonds is 6. The Balaban J connectivity index is 1.96. The number of nitrogens with one attached hydrogen (secondary N) is 1. The highest BCUT2D eigenvalue weighted by Crippen LogP contribution is 2.20. The average Bonchev–Trinajstić information content (AvgIpc) is 2.85. The second-order valence-electron chi connectivity index (χ2n) is 6.12. The minimum atomic E-state index is -3.40. The Bertz CT molecular complexity index is 636. The van der Waals surface area contributed by atoms with E-state index >= 15 is 0 Å². The van der Waals surface area contributed by atoms with Gasteiger partial charge in [0, 0.05) is 19.6 Å². The van der Waals surface area contributed by atoms with Crippen molar-refractivity contribution >= 4 is 27.5 Å². The topological polar surface area (TPSA) is 66.5 Å². The van der Waals surface area contributed by atoms with Crippen molar-refractivity contribution in [3.8, 4) is 0 Å². The molecule has 7 heteroatoms. The first-order valence-electron chi connectivity index (χ1n) is 8.42. The third kappa shape index (κ3) is 5.19. The lowest BCUT2D eigenvalue weighted by Crippen LogP contribution is -2.32. The summed E-state index contributed by atoms with van der Waals surface area (Å²) >= 11 is 5.68. The van der Waals surface area contributed by atoms with E-state index < -0.39 is 15.4 Å². The Morgan fingerprint density at radius 2 is 1.75 bits per heavy atom. The van der Waals surface area contributed by atoms with E-state index in [4.69, 9.17) is 11.6 Å². The van der Waals surface area contributed by atoms with E-state index in [0.717, 1.165) is 31.2 Å². The number of alkyl halides is 1. The lowest BCUT2D eigenvalue weighted by Gasteiger charge is -2.20. The first-order chi connectivity index (χ1) is 11.4. The number of nitrogens with zero attached hydrogens (tertiary/aromatic N) is 1. The number of amides is 1. The molecule has 2 rings (SSSR count). The minimum absolute atomic E-state index is 0.197. The fraction of sp³-hybridized carbons (Fsp3) is 0.588. The zero-order valence-electron chi connectivity index (χ0n) is 14.0. The molecule has 1 saturated heterocycles. The molecule has 1 N–H and O–H groups in total. The smallest absolute Gasteiger partial charge is 0.243 e. The molecule has 0 radical (unpaired) electrons. The van der Waals surface area contributed by atoms with Crippen molar-refractivity contribution < 1.29 is 13.2 Å². The number of carbonyl (C=O) groups is 1. The molecule has 5 nitrogen and oxygen atoms in total. The van der Waals surface area contributed by atoms with E-state index in [1.54, 1.807) is 35.5 Å². The monoisotopic (exact) mass is 372 g/mol. The predicted molar refractivity (Wildman–Crippen MR) is 95.7 cm³/mol. The van der Waals surface area contributed by atoms with Gasteiger partial charge in [-0.2, -0.15) is 4.31 Å². The summed E-state index contributed by atoms with van der Waals surface area (Å²) in [6, 6.07) is 6.92. The van der Waals surface area contributed by atoms with Gasteiger partial charge in [-0.1, -0.05) is 25.0 Å². The number of sulfonamides is 1. The third-order valence-electron chi connectivity index (χ3n) is 4.20. The molecular weight excluding hydrogens is 348 g/mol. The standard InChI is InChI=1S/C17H25ClN2O3S/c1-14(18)17(21)19-11-10-15-6-8-16(9-7-15)24(22,23)20-12-4-2-3-5-13-20/h6-9,14H,2-5,10-13H2,1H3,(H,19,21). The van der Waals surface area contributed by atoms with Crippen LogP contribution in [0.4, 0.5) is 0 Å². The molecule has 1 unspecified atom stereocenters. The zero-order chi connectivity index (χ0) is 17.6. The van der Waals surface area contributed by atoms with Gasteiger partial charge < -0.3 is 5.32 Å². The van der Waals surface area contributed by atoms with Crippen molar-refractivity contribution in [3.63, 3.8) is 0 Å². The fourth-order valence-corrected chi connectivity index (χ4v) is 4.32. The van der Waals surface area contributed by atoms with Gasteiger partial charge in [-0.15, -0.1) is 11.6 Å². The highest BCUT2D eigenvalue weighted by Gasteiger charge is 2.24. The molecule has 1 heterocycles. The highest BCUT2D eigenvalue weighted by atomic mass is 35.5. The highest BCUT2D eigenvalue weighted by molar-refractivity contribution is 7.89. The number of carbonyl (C=O) groups excluding carboxylic acids is 1. The minimum Gasteiger partial charge on any atom is -0.354 e. The molecule has 24 heavy (non-hydrogen) atoms. The zero-order valence-corrected chi connectivity index (χ0v) is 15.6. The largest absolute Gasteiger partial charge is 0.354 e.